The number of benzene rings is 1. The van der Waals surface area contributed by atoms with Crippen LogP contribution in [0.5, 0.6) is 5.75 Å². The van der Waals surface area contributed by atoms with E-state index in [0.717, 1.165) is 11.3 Å². The quantitative estimate of drug-likeness (QED) is 0.235. The van der Waals surface area contributed by atoms with Gasteiger partial charge in [-0.1, -0.05) is 0 Å². The second-order valence-electron chi connectivity index (χ2n) is 8.26. The fraction of sp³-hybridized carbons (Fsp3) is 0.500. The zero-order chi connectivity index (χ0) is 24.0. The predicted octanol–water partition coefficient (Wildman–Crippen LogP) is 1.75. The average molecular weight is 458 g/mol. The van der Waals surface area contributed by atoms with Crippen LogP contribution in [0.25, 0.3) is 5.70 Å². The second-order valence-corrected chi connectivity index (χ2v) is 8.26. The van der Waals surface area contributed by atoms with Crippen molar-refractivity contribution in [3.05, 3.63) is 45.5 Å². The molecule has 0 N–H and O–H groups in total. The molecule has 0 bridgehead atoms. The summed E-state index contributed by atoms with van der Waals surface area (Å²) in [6.45, 7) is 5.20. The van der Waals surface area contributed by atoms with Gasteiger partial charge < -0.3 is 19.2 Å². The Morgan fingerprint density at radius 2 is 2.12 bits per heavy atom. The number of carbonyl (C=O) groups is 2. The van der Waals surface area contributed by atoms with E-state index in [0.29, 0.717) is 37.4 Å². The zero-order valence-electron chi connectivity index (χ0n) is 18.6. The summed E-state index contributed by atoms with van der Waals surface area (Å²) in [6, 6.07) is 7.31. The molecule has 1 fully saturated rings. The molecule has 11 nitrogen and oxygen atoms in total. The van der Waals surface area contributed by atoms with Gasteiger partial charge in [0.1, 0.15) is 24.6 Å². The summed E-state index contributed by atoms with van der Waals surface area (Å²) >= 11 is 0. The van der Waals surface area contributed by atoms with E-state index in [1.807, 2.05) is 24.8 Å². The van der Waals surface area contributed by atoms with Crippen molar-refractivity contribution in [3.63, 3.8) is 0 Å². The molecule has 0 spiro atoms. The number of piperazine rings is 1. The number of hydrogen-bond donors (Lipinski definition) is 0. The number of ether oxygens (including phenoxy) is 2. The second kappa shape index (κ2) is 10.3. The monoisotopic (exact) mass is 458 g/mol. The van der Waals surface area contributed by atoms with Crippen LogP contribution in [0.4, 0.5) is 0 Å². The maximum absolute atomic E-state index is 13.0. The Kier molecular flexibility index (Phi) is 7.50. The van der Waals surface area contributed by atoms with Crippen molar-refractivity contribution in [2.24, 2.45) is 0 Å². The van der Waals surface area contributed by atoms with E-state index in [-0.39, 0.29) is 32.1 Å². The SMILES string of the molecule is CC1(C)C=C(N2CCN(CCCC(=O)OCCO[N+](=O)[O-])CC2=O)c2cc(C#N)ccc2O1. The normalized spacial score (nSPS) is 17.3. The van der Waals surface area contributed by atoms with Gasteiger partial charge in [0.05, 0.1) is 23.9 Å². The van der Waals surface area contributed by atoms with Gasteiger partial charge >= 0.3 is 5.97 Å². The van der Waals surface area contributed by atoms with Crippen molar-refractivity contribution in [1.82, 2.24) is 9.80 Å². The fourth-order valence-corrected chi connectivity index (χ4v) is 3.79. The van der Waals surface area contributed by atoms with Crippen LogP contribution in [0.15, 0.2) is 24.3 Å². The largest absolute Gasteiger partial charge is 0.483 e. The molecule has 1 aromatic carbocycles. The summed E-state index contributed by atoms with van der Waals surface area (Å²) in [5.74, 6) is 0.0956. The Bertz CT molecular complexity index is 999. The van der Waals surface area contributed by atoms with Gasteiger partial charge in [0.2, 0.25) is 5.91 Å². The summed E-state index contributed by atoms with van der Waals surface area (Å²) in [5.41, 5.74) is 1.35. The van der Waals surface area contributed by atoms with Crippen LogP contribution < -0.4 is 4.74 Å². The van der Waals surface area contributed by atoms with Gasteiger partial charge in [0.25, 0.3) is 5.09 Å². The molecule has 176 valence electrons. The molecule has 0 saturated carbocycles. The van der Waals surface area contributed by atoms with Crippen LogP contribution in [0, 0.1) is 21.4 Å². The highest BCUT2D eigenvalue weighted by molar-refractivity contribution is 5.90. The Balaban J connectivity index is 1.54. The summed E-state index contributed by atoms with van der Waals surface area (Å²) < 4.78 is 10.9. The van der Waals surface area contributed by atoms with Crippen LogP contribution in [-0.4, -0.2) is 71.8 Å². The number of fused-ring (bicyclic) bond motifs is 1. The number of carbonyl (C=O) groups excluding carboxylic acids is 2. The molecular weight excluding hydrogens is 432 g/mol. The summed E-state index contributed by atoms with van der Waals surface area (Å²) in [7, 11) is 0. The van der Waals surface area contributed by atoms with Crippen LogP contribution in [-0.2, 0) is 19.2 Å². The first-order valence-electron chi connectivity index (χ1n) is 10.6. The molecule has 0 unspecified atom stereocenters. The van der Waals surface area contributed by atoms with Crippen molar-refractivity contribution < 1.29 is 29.0 Å². The summed E-state index contributed by atoms with van der Waals surface area (Å²) in [5, 5.41) is 18.4. The van der Waals surface area contributed by atoms with Gasteiger partial charge in [0.15, 0.2) is 0 Å². The molecule has 1 saturated heterocycles. The molecule has 0 radical (unpaired) electrons. The molecule has 11 heteroatoms. The van der Waals surface area contributed by atoms with Crippen LogP contribution in [0.1, 0.15) is 37.8 Å². The van der Waals surface area contributed by atoms with Gasteiger partial charge in [-0.3, -0.25) is 14.5 Å². The van der Waals surface area contributed by atoms with E-state index in [2.05, 4.69) is 10.9 Å². The Hall–Kier alpha value is -3.65. The topological polar surface area (TPSA) is 135 Å². The molecular formula is C22H26N4O7. The number of nitriles is 1. The Labute approximate surface area is 191 Å². The first-order valence-corrected chi connectivity index (χ1v) is 10.6. The molecule has 3 rings (SSSR count). The van der Waals surface area contributed by atoms with E-state index < -0.39 is 16.7 Å². The van der Waals surface area contributed by atoms with Crippen LogP contribution in [0.3, 0.4) is 0 Å². The zero-order valence-corrected chi connectivity index (χ0v) is 18.6. The minimum absolute atomic E-state index is 0.0713. The highest BCUT2D eigenvalue weighted by Crippen LogP contribution is 2.38. The molecule has 0 aromatic heterocycles. The highest BCUT2D eigenvalue weighted by Gasteiger charge is 2.34. The fourth-order valence-electron chi connectivity index (χ4n) is 3.79. The van der Waals surface area contributed by atoms with Gasteiger partial charge in [-0.2, -0.15) is 5.26 Å². The number of hydrogen-bond acceptors (Lipinski definition) is 9. The van der Waals surface area contributed by atoms with Crippen molar-refractivity contribution in [2.75, 3.05) is 39.4 Å². The van der Waals surface area contributed by atoms with E-state index in [9.17, 15) is 25.0 Å². The molecule has 1 amide bonds. The molecule has 0 atom stereocenters. The Morgan fingerprint density at radius 3 is 2.82 bits per heavy atom. The van der Waals surface area contributed by atoms with Crippen molar-refractivity contribution in [1.29, 1.82) is 5.26 Å². The van der Waals surface area contributed by atoms with Gasteiger partial charge in [0, 0.05) is 25.1 Å². The van der Waals surface area contributed by atoms with E-state index >= 15 is 0 Å². The number of amides is 1. The highest BCUT2D eigenvalue weighted by atomic mass is 17.0. The minimum atomic E-state index is -0.942. The molecule has 0 aliphatic carbocycles. The third kappa shape index (κ3) is 6.43. The molecule has 1 aromatic rings. The van der Waals surface area contributed by atoms with Gasteiger partial charge in [-0.15, -0.1) is 10.1 Å². The lowest BCUT2D eigenvalue weighted by Crippen LogP contribution is -2.50. The molecule has 2 aliphatic heterocycles. The van der Waals surface area contributed by atoms with Crippen molar-refractivity contribution in [3.8, 4) is 11.8 Å². The van der Waals surface area contributed by atoms with Crippen molar-refractivity contribution in [2.45, 2.75) is 32.3 Å². The number of nitrogens with zero attached hydrogens (tertiary/aromatic N) is 4. The van der Waals surface area contributed by atoms with Gasteiger partial charge in [-0.05, 0) is 51.1 Å². The van der Waals surface area contributed by atoms with Crippen molar-refractivity contribution >= 4 is 17.6 Å². The third-order valence-electron chi connectivity index (χ3n) is 5.23. The lowest BCUT2D eigenvalue weighted by Gasteiger charge is -2.39. The third-order valence-corrected chi connectivity index (χ3v) is 5.23. The molecule has 2 aliphatic rings. The predicted molar refractivity (Wildman–Crippen MR) is 115 cm³/mol. The maximum atomic E-state index is 13.0. The molecule has 33 heavy (non-hydrogen) atoms. The summed E-state index contributed by atoms with van der Waals surface area (Å²) in [6.07, 6.45) is 2.55. The Morgan fingerprint density at radius 1 is 1.33 bits per heavy atom. The minimum Gasteiger partial charge on any atom is -0.483 e. The van der Waals surface area contributed by atoms with E-state index in [4.69, 9.17) is 9.47 Å². The van der Waals surface area contributed by atoms with Crippen LogP contribution >= 0.6 is 0 Å². The van der Waals surface area contributed by atoms with Gasteiger partial charge in [-0.25, -0.2) is 0 Å². The molecule has 2 heterocycles. The standard InChI is InChI=1S/C22H26N4O7/c1-22(2)13-18(17-12-16(14-23)5-6-19(17)33-22)25-9-8-24(15-20(25)27)7-3-4-21(28)31-10-11-32-26(29)30/h5-6,12-13H,3-4,7-11,15H2,1-2H3. The number of esters is 1. The van der Waals surface area contributed by atoms with E-state index in [1.165, 1.54) is 0 Å². The lowest BCUT2D eigenvalue weighted by atomic mass is 9.96. The first-order chi connectivity index (χ1) is 15.7. The smallest absolute Gasteiger partial charge is 0.305 e. The number of rotatable bonds is 9. The van der Waals surface area contributed by atoms with Crippen LogP contribution in [0.2, 0.25) is 0 Å². The first kappa shape index (κ1) is 24.0. The summed E-state index contributed by atoms with van der Waals surface area (Å²) in [4.78, 5) is 42.5. The van der Waals surface area contributed by atoms with E-state index in [1.54, 1.807) is 23.1 Å². The average Bonchev–Trinajstić information content (AvgIpc) is 2.75. The maximum Gasteiger partial charge on any atom is 0.305 e. The lowest BCUT2D eigenvalue weighted by molar-refractivity contribution is -0.757.